The number of halogens is 3. The van der Waals surface area contributed by atoms with E-state index in [9.17, 15) is 13.2 Å². The van der Waals surface area contributed by atoms with Crippen LogP contribution in [0.3, 0.4) is 0 Å². The molecule has 0 bridgehead atoms. The van der Waals surface area contributed by atoms with Crippen LogP contribution in [0.5, 0.6) is 0 Å². The average Bonchev–Trinajstić information content (AvgIpc) is 2.80. The van der Waals surface area contributed by atoms with Gasteiger partial charge in [-0.25, -0.2) is 13.2 Å². The molecule has 0 spiro atoms. The molecular weight excluding hydrogens is 251 g/mol. The highest BCUT2D eigenvalue weighted by Crippen LogP contribution is 2.34. The van der Waals surface area contributed by atoms with Crippen molar-refractivity contribution in [1.82, 2.24) is 0 Å². The first-order chi connectivity index (χ1) is 9.15. The first-order valence-corrected chi connectivity index (χ1v) is 6.14. The lowest BCUT2D eigenvalue weighted by molar-refractivity contribution is 0.495. The van der Waals surface area contributed by atoms with Crippen molar-refractivity contribution in [3.8, 4) is 0 Å². The molecule has 0 radical (unpaired) electrons. The molecule has 1 N–H and O–H groups in total. The van der Waals surface area contributed by atoms with Crippen molar-refractivity contribution in [3.05, 3.63) is 65.0 Å². The Balaban J connectivity index is 1.89. The summed E-state index contributed by atoms with van der Waals surface area (Å²) >= 11 is 0. The molecule has 1 aliphatic carbocycles. The Hall–Kier alpha value is -1.97. The zero-order valence-electron chi connectivity index (χ0n) is 10.1. The normalized spacial score (nSPS) is 17.3. The molecule has 1 aliphatic rings. The van der Waals surface area contributed by atoms with E-state index in [1.54, 1.807) is 0 Å². The van der Waals surface area contributed by atoms with E-state index in [2.05, 4.69) is 5.32 Å². The van der Waals surface area contributed by atoms with Crippen LogP contribution in [0.25, 0.3) is 0 Å². The third kappa shape index (κ3) is 2.18. The van der Waals surface area contributed by atoms with Crippen molar-refractivity contribution in [2.75, 3.05) is 5.32 Å². The first kappa shape index (κ1) is 12.1. The lowest BCUT2D eigenvalue weighted by Crippen LogP contribution is -2.09. The molecule has 0 aromatic heterocycles. The number of benzene rings is 2. The fraction of sp³-hybridized carbons (Fsp3) is 0.200. The van der Waals surface area contributed by atoms with Crippen LogP contribution in [0, 0.1) is 17.5 Å². The summed E-state index contributed by atoms with van der Waals surface area (Å²) in [4.78, 5) is 0. The SMILES string of the molecule is Fc1cc(F)c(NC2CCc3ccccc32)cc1F. The first-order valence-electron chi connectivity index (χ1n) is 6.14. The highest BCUT2D eigenvalue weighted by Gasteiger charge is 2.23. The molecule has 0 fully saturated rings. The number of hydrogen-bond donors (Lipinski definition) is 1. The van der Waals surface area contributed by atoms with E-state index >= 15 is 0 Å². The summed E-state index contributed by atoms with van der Waals surface area (Å²) < 4.78 is 39.6. The van der Waals surface area contributed by atoms with E-state index in [1.807, 2.05) is 24.3 Å². The smallest absolute Gasteiger partial charge is 0.161 e. The maximum atomic E-state index is 13.6. The number of fused-ring (bicyclic) bond motifs is 1. The number of rotatable bonds is 2. The average molecular weight is 263 g/mol. The summed E-state index contributed by atoms with van der Waals surface area (Å²) in [6, 6.07) is 9.25. The Morgan fingerprint density at radius 3 is 2.53 bits per heavy atom. The van der Waals surface area contributed by atoms with Crippen LogP contribution in [0.15, 0.2) is 36.4 Å². The molecule has 0 saturated heterocycles. The summed E-state index contributed by atoms with van der Waals surface area (Å²) in [5.41, 5.74) is 2.30. The van der Waals surface area contributed by atoms with Gasteiger partial charge in [-0.05, 0) is 24.0 Å². The maximum Gasteiger partial charge on any atom is 0.161 e. The second kappa shape index (κ2) is 4.61. The van der Waals surface area contributed by atoms with Gasteiger partial charge < -0.3 is 5.32 Å². The molecule has 0 saturated carbocycles. The molecule has 98 valence electrons. The minimum atomic E-state index is -1.17. The van der Waals surface area contributed by atoms with E-state index in [0.717, 1.165) is 24.5 Å². The van der Waals surface area contributed by atoms with Crippen molar-refractivity contribution in [2.45, 2.75) is 18.9 Å². The molecule has 0 amide bonds. The van der Waals surface area contributed by atoms with Crippen LogP contribution >= 0.6 is 0 Å². The van der Waals surface area contributed by atoms with E-state index in [4.69, 9.17) is 0 Å². The second-order valence-corrected chi connectivity index (χ2v) is 4.68. The van der Waals surface area contributed by atoms with Gasteiger partial charge in [-0.3, -0.25) is 0 Å². The number of hydrogen-bond acceptors (Lipinski definition) is 1. The summed E-state index contributed by atoms with van der Waals surface area (Å²) in [7, 11) is 0. The van der Waals surface area contributed by atoms with Crippen LogP contribution in [0.1, 0.15) is 23.6 Å². The Bertz CT molecular complexity index is 625. The molecule has 19 heavy (non-hydrogen) atoms. The lowest BCUT2D eigenvalue weighted by Gasteiger charge is -2.16. The van der Waals surface area contributed by atoms with Crippen LogP contribution in [-0.4, -0.2) is 0 Å². The summed E-state index contributed by atoms with van der Waals surface area (Å²) in [5, 5.41) is 2.95. The van der Waals surface area contributed by atoms with Gasteiger partial charge in [-0.15, -0.1) is 0 Å². The van der Waals surface area contributed by atoms with Gasteiger partial charge in [0, 0.05) is 12.1 Å². The largest absolute Gasteiger partial charge is 0.376 e. The predicted octanol–water partition coefficient (Wildman–Crippen LogP) is 4.20. The summed E-state index contributed by atoms with van der Waals surface area (Å²) in [5.74, 6) is -2.99. The third-order valence-corrected chi connectivity index (χ3v) is 3.47. The molecule has 1 nitrogen and oxygen atoms in total. The second-order valence-electron chi connectivity index (χ2n) is 4.68. The van der Waals surface area contributed by atoms with Crippen LogP contribution in [0.4, 0.5) is 18.9 Å². The quantitative estimate of drug-likeness (QED) is 0.800. The van der Waals surface area contributed by atoms with Crippen molar-refractivity contribution in [2.24, 2.45) is 0 Å². The number of nitrogens with one attached hydrogen (secondary N) is 1. The van der Waals surface area contributed by atoms with Crippen LogP contribution in [-0.2, 0) is 6.42 Å². The number of anilines is 1. The van der Waals surface area contributed by atoms with Gasteiger partial charge in [0.25, 0.3) is 0 Å². The van der Waals surface area contributed by atoms with Gasteiger partial charge in [-0.1, -0.05) is 24.3 Å². The van der Waals surface area contributed by atoms with Crippen molar-refractivity contribution in [3.63, 3.8) is 0 Å². The van der Waals surface area contributed by atoms with Gasteiger partial charge in [0.15, 0.2) is 11.6 Å². The molecular formula is C15H12F3N. The van der Waals surface area contributed by atoms with Gasteiger partial charge >= 0.3 is 0 Å². The van der Waals surface area contributed by atoms with Crippen LogP contribution in [0.2, 0.25) is 0 Å². The van der Waals surface area contributed by atoms with Gasteiger partial charge in [0.2, 0.25) is 0 Å². The van der Waals surface area contributed by atoms with E-state index in [1.165, 1.54) is 5.56 Å². The molecule has 1 unspecified atom stereocenters. The third-order valence-electron chi connectivity index (χ3n) is 3.47. The van der Waals surface area contributed by atoms with E-state index in [-0.39, 0.29) is 11.7 Å². The topological polar surface area (TPSA) is 12.0 Å². The Labute approximate surface area is 109 Å². The Morgan fingerprint density at radius 2 is 1.68 bits per heavy atom. The highest BCUT2D eigenvalue weighted by atomic mass is 19.2. The number of aryl methyl sites for hydroxylation is 1. The minimum absolute atomic E-state index is 0.000558. The molecule has 1 atom stereocenters. The molecule has 2 aromatic rings. The van der Waals surface area contributed by atoms with Crippen molar-refractivity contribution < 1.29 is 13.2 Å². The fourth-order valence-electron chi connectivity index (χ4n) is 2.53. The zero-order valence-corrected chi connectivity index (χ0v) is 10.1. The Kier molecular flexibility index (Phi) is 2.93. The molecule has 2 aromatic carbocycles. The molecule has 0 aliphatic heterocycles. The zero-order chi connectivity index (χ0) is 13.4. The maximum absolute atomic E-state index is 13.6. The molecule has 4 heteroatoms. The fourth-order valence-corrected chi connectivity index (χ4v) is 2.53. The summed E-state index contributed by atoms with van der Waals surface area (Å²) in [6.45, 7) is 0. The van der Waals surface area contributed by atoms with Gasteiger partial charge in [0.1, 0.15) is 5.82 Å². The Morgan fingerprint density at radius 1 is 0.947 bits per heavy atom. The molecule has 3 rings (SSSR count). The van der Waals surface area contributed by atoms with Crippen molar-refractivity contribution in [1.29, 1.82) is 0 Å². The lowest BCUT2D eigenvalue weighted by atomic mass is 10.1. The molecule has 0 heterocycles. The van der Waals surface area contributed by atoms with Gasteiger partial charge in [0.05, 0.1) is 11.7 Å². The van der Waals surface area contributed by atoms with E-state index in [0.29, 0.717) is 6.07 Å². The predicted molar refractivity (Wildman–Crippen MR) is 67.4 cm³/mol. The van der Waals surface area contributed by atoms with Crippen molar-refractivity contribution >= 4 is 5.69 Å². The highest BCUT2D eigenvalue weighted by molar-refractivity contribution is 5.49. The van der Waals surface area contributed by atoms with Gasteiger partial charge in [-0.2, -0.15) is 0 Å². The summed E-state index contributed by atoms with van der Waals surface area (Å²) in [6.07, 6.45) is 1.72. The monoisotopic (exact) mass is 263 g/mol. The van der Waals surface area contributed by atoms with E-state index < -0.39 is 17.5 Å². The standard InChI is InChI=1S/C15H12F3N/c16-11-7-13(18)15(8-12(11)17)19-14-6-5-9-3-1-2-4-10(9)14/h1-4,7-8,14,19H,5-6H2. The van der Waals surface area contributed by atoms with Crippen LogP contribution < -0.4 is 5.32 Å². The minimum Gasteiger partial charge on any atom is -0.376 e.